The number of hydrogen-bond acceptors (Lipinski definition) is 5. The summed E-state index contributed by atoms with van der Waals surface area (Å²) in [5.41, 5.74) is 3.96. The lowest BCUT2D eigenvalue weighted by atomic mass is 10.3. The van der Waals surface area contributed by atoms with E-state index in [1.807, 2.05) is 25.4 Å². The van der Waals surface area contributed by atoms with Gasteiger partial charge >= 0.3 is 0 Å². The van der Waals surface area contributed by atoms with E-state index in [-0.39, 0.29) is 0 Å². The zero-order valence-corrected chi connectivity index (χ0v) is 10.3. The monoisotopic (exact) mass is 237 g/mol. The van der Waals surface area contributed by atoms with Gasteiger partial charge < -0.3 is 9.84 Å². The van der Waals surface area contributed by atoms with Crippen molar-refractivity contribution in [3.8, 4) is 0 Å². The van der Waals surface area contributed by atoms with Gasteiger partial charge in [0.1, 0.15) is 0 Å². The van der Waals surface area contributed by atoms with Crippen molar-refractivity contribution in [2.24, 2.45) is 0 Å². The fourth-order valence-electron chi connectivity index (χ4n) is 1.48. The van der Waals surface area contributed by atoms with Gasteiger partial charge in [-0.3, -0.25) is 0 Å². The second kappa shape index (κ2) is 5.23. The van der Waals surface area contributed by atoms with Crippen LogP contribution in [0.3, 0.4) is 0 Å². The molecular weight excluding hydrogens is 222 g/mol. The first-order chi connectivity index (χ1) is 7.75. The van der Waals surface area contributed by atoms with Crippen molar-refractivity contribution in [1.29, 1.82) is 0 Å². The molecule has 2 aromatic heterocycles. The van der Waals surface area contributed by atoms with Gasteiger partial charge in [-0.05, 0) is 20.3 Å². The van der Waals surface area contributed by atoms with E-state index in [9.17, 15) is 0 Å². The lowest BCUT2D eigenvalue weighted by Crippen LogP contribution is -2.16. The molecule has 0 aliphatic rings. The zero-order chi connectivity index (χ0) is 11.4. The fraction of sp³-hybridized carbons (Fsp3) is 0.455. The number of thiazole rings is 1. The summed E-state index contributed by atoms with van der Waals surface area (Å²) in [4.78, 5) is 5.57. The normalized spacial score (nSPS) is 10.9. The van der Waals surface area contributed by atoms with Crippen molar-refractivity contribution < 1.29 is 4.52 Å². The highest BCUT2D eigenvalue weighted by molar-refractivity contribution is 7.09. The summed E-state index contributed by atoms with van der Waals surface area (Å²) in [5.74, 6) is 0.888. The summed E-state index contributed by atoms with van der Waals surface area (Å²) < 4.78 is 5.10. The molecule has 2 aromatic rings. The molecule has 16 heavy (non-hydrogen) atoms. The van der Waals surface area contributed by atoms with Crippen LogP contribution in [0.1, 0.15) is 22.0 Å². The highest BCUT2D eigenvalue weighted by Gasteiger charge is 2.02. The molecule has 2 heterocycles. The lowest BCUT2D eigenvalue weighted by Gasteiger charge is -2.00. The van der Waals surface area contributed by atoms with Gasteiger partial charge in [-0.15, -0.1) is 11.3 Å². The van der Waals surface area contributed by atoms with Crippen molar-refractivity contribution in [2.75, 3.05) is 6.54 Å². The van der Waals surface area contributed by atoms with Gasteiger partial charge in [-0.25, -0.2) is 4.98 Å². The molecule has 0 bridgehead atoms. The van der Waals surface area contributed by atoms with Gasteiger partial charge in [0, 0.05) is 17.5 Å². The maximum Gasteiger partial charge on any atom is 0.150 e. The molecule has 0 fully saturated rings. The number of rotatable bonds is 5. The van der Waals surface area contributed by atoms with Crippen molar-refractivity contribution in [3.63, 3.8) is 0 Å². The summed E-state index contributed by atoms with van der Waals surface area (Å²) >= 11 is 1.71. The van der Waals surface area contributed by atoms with E-state index >= 15 is 0 Å². The molecule has 0 saturated heterocycles. The molecule has 0 aliphatic carbocycles. The van der Waals surface area contributed by atoms with E-state index in [2.05, 4.69) is 15.5 Å². The molecule has 0 aromatic carbocycles. The van der Waals surface area contributed by atoms with Crippen LogP contribution in [0.2, 0.25) is 0 Å². The van der Waals surface area contributed by atoms with E-state index in [1.165, 1.54) is 4.88 Å². The van der Waals surface area contributed by atoms with Crippen molar-refractivity contribution in [1.82, 2.24) is 15.5 Å². The van der Waals surface area contributed by atoms with Crippen LogP contribution in [-0.2, 0) is 13.0 Å². The van der Waals surface area contributed by atoms with Gasteiger partial charge in [0.25, 0.3) is 0 Å². The van der Waals surface area contributed by atoms with E-state index in [1.54, 1.807) is 11.3 Å². The number of hydrogen-bond donors (Lipinski definition) is 1. The second-order valence-corrected chi connectivity index (χ2v) is 4.66. The Kier molecular flexibility index (Phi) is 3.69. The third kappa shape index (κ3) is 2.90. The number of nitrogens with one attached hydrogen (secondary N) is 1. The summed E-state index contributed by atoms with van der Waals surface area (Å²) in [6.45, 7) is 5.64. The molecule has 0 saturated carbocycles. The van der Waals surface area contributed by atoms with Crippen molar-refractivity contribution >= 4 is 11.3 Å². The minimum Gasteiger partial charge on any atom is -0.360 e. The third-order valence-electron chi connectivity index (χ3n) is 2.35. The molecule has 0 radical (unpaired) electrons. The average Bonchev–Trinajstić information content (AvgIpc) is 2.83. The SMILES string of the molecule is Cc1cc(CNCCc2scnc2C)on1. The van der Waals surface area contributed by atoms with Gasteiger partial charge in [-0.1, -0.05) is 5.16 Å². The molecule has 5 heteroatoms. The summed E-state index contributed by atoms with van der Waals surface area (Å²) in [7, 11) is 0. The first-order valence-corrected chi connectivity index (χ1v) is 6.15. The van der Waals surface area contributed by atoms with Crippen LogP contribution in [0, 0.1) is 13.8 Å². The largest absolute Gasteiger partial charge is 0.360 e. The quantitative estimate of drug-likeness (QED) is 0.809. The molecule has 86 valence electrons. The van der Waals surface area contributed by atoms with E-state index in [0.717, 1.165) is 36.7 Å². The Morgan fingerprint density at radius 2 is 2.31 bits per heavy atom. The van der Waals surface area contributed by atoms with Gasteiger partial charge in [0.05, 0.1) is 23.4 Å². The number of aryl methyl sites for hydroxylation is 2. The maximum atomic E-state index is 5.10. The van der Waals surface area contributed by atoms with Crippen molar-refractivity contribution in [3.05, 3.63) is 33.6 Å². The molecule has 1 N–H and O–H groups in total. The minimum absolute atomic E-state index is 0.735. The smallest absolute Gasteiger partial charge is 0.150 e. The Hall–Kier alpha value is -1.20. The van der Waals surface area contributed by atoms with Crippen LogP contribution in [0.5, 0.6) is 0 Å². The molecule has 0 amide bonds. The van der Waals surface area contributed by atoms with Crippen LogP contribution >= 0.6 is 11.3 Å². The van der Waals surface area contributed by atoms with Crippen LogP contribution < -0.4 is 5.32 Å². The highest BCUT2D eigenvalue weighted by Crippen LogP contribution is 2.12. The van der Waals surface area contributed by atoms with E-state index in [4.69, 9.17) is 4.52 Å². The predicted molar refractivity (Wildman–Crippen MR) is 63.5 cm³/mol. The summed E-state index contributed by atoms with van der Waals surface area (Å²) in [6.07, 6.45) is 1.02. The van der Waals surface area contributed by atoms with Gasteiger partial charge in [0.15, 0.2) is 5.76 Å². The molecular formula is C11H15N3OS. The first-order valence-electron chi connectivity index (χ1n) is 5.27. The van der Waals surface area contributed by atoms with E-state index < -0.39 is 0 Å². The summed E-state index contributed by atoms with van der Waals surface area (Å²) in [5, 5.41) is 7.16. The Morgan fingerprint density at radius 3 is 2.94 bits per heavy atom. The predicted octanol–water partition coefficient (Wildman–Crippen LogP) is 2.08. The Balaban J connectivity index is 1.71. The standard InChI is InChI=1S/C11H15N3OS/c1-8-5-10(15-14-8)6-12-4-3-11-9(2)13-7-16-11/h5,7,12H,3-4,6H2,1-2H3. The van der Waals surface area contributed by atoms with E-state index in [0.29, 0.717) is 0 Å². The topological polar surface area (TPSA) is 51.0 Å². The second-order valence-electron chi connectivity index (χ2n) is 3.72. The number of nitrogens with zero attached hydrogens (tertiary/aromatic N) is 2. The Morgan fingerprint density at radius 1 is 1.44 bits per heavy atom. The lowest BCUT2D eigenvalue weighted by molar-refractivity contribution is 0.370. The zero-order valence-electron chi connectivity index (χ0n) is 9.49. The van der Waals surface area contributed by atoms with Gasteiger partial charge in [-0.2, -0.15) is 0 Å². The third-order valence-corrected chi connectivity index (χ3v) is 3.34. The minimum atomic E-state index is 0.735. The molecule has 0 spiro atoms. The molecule has 0 unspecified atom stereocenters. The Bertz CT molecular complexity index is 450. The van der Waals surface area contributed by atoms with Crippen molar-refractivity contribution in [2.45, 2.75) is 26.8 Å². The average molecular weight is 237 g/mol. The van der Waals surface area contributed by atoms with Gasteiger partial charge in [0.2, 0.25) is 0 Å². The molecule has 0 aliphatic heterocycles. The van der Waals surface area contributed by atoms with Crippen LogP contribution in [0.4, 0.5) is 0 Å². The van der Waals surface area contributed by atoms with Crippen LogP contribution in [0.25, 0.3) is 0 Å². The summed E-state index contributed by atoms with van der Waals surface area (Å²) in [6, 6.07) is 1.95. The first kappa shape index (κ1) is 11.3. The van der Waals surface area contributed by atoms with Crippen LogP contribution in [-0.4, -0.2) is 16.7 Å². The fourth-order valence-corrected chi connectivity index (χ4v) is 2.26. The molecule has 0 atom stereocenters. The van der Waals surface area contributed by atoms with Crippen LogP contribution in [0.15, 0.2) is 16.1 Å². The molecule has 2 rings (SSSR count). The number of aromatic nitrogens is 2. The molecule has 4 nitrogen and oxygen atoms in total. The Labute approximate surface area is 98.7 Å². The maximum absolute atomic E-state index is 5.10. The highest BCUT2D eigenvalue weighted by atomic mass is 32.1.